The molecule has 6 atom stereocenters. The molecule has 66 heavy (non-hydrogen) atoms. The van der Waals surface area contributed by atoms with E-state index < -0.39 is 64.4 Å². The van der Waals surface area contributed by atoms with Crippen molar-refractivity contribution in [1.29, 1.82) is 0 Å². The number of hydrogen-bond donors (Lipinski definition) is 2. The highest BCUT2D eigenvalue weighted by Gasteiger charge is 2.76. The second-order valence-electron chi connectivity index (χ2n) is 16.0. The maximum atomic E-state index is 16.3. The van der Waals surface area contributed by atoms with E-state index in [1.165, 1.54) is 35.6 Å². The highest BCUT2D eigenvalue weighted by molar-refractivity contribution is 7.22. The van der Waals surface area contributed by atoms with E-state index in [1.807, 2.05) is 89.8 Å². The Bertz CT molecular complexity index is 2970. The minimum Gasteiger partial charge on any atom is -0.491 e. The van der Waals surface area contributed by atoms with E-state index in [1.54, 1.807) is 48.5 Å². The molecule has 2 fully saturated rings. The molecule has 0 radical (unpaired) electrons. The van der Waals surface area contributed by atoms with E-state index in [0.717, 1.165) is 9.60 Å². The summed E-state index contributed by atoms with van der Waals surface area (Å²) >= 11 is 1.22. The molecule has 0 bridgehead atoms. The molecule has 3 aliphatic rings. The molecule has 10 rings (SSSR count). The number of thiazole rings is 1. The molecule has 0 unspecified atom stereocenters. The summed E-state index contributed by atoms with van der Waals surface area (Å²) in [4.78, 5) is 80.2. The van der Waals surface area contributed by atoms with Crippen LogP contribution in [-0.4, -0.2) is 63.0 Å². The molecule has 2 saturated heterocycles. The number of aliphatic hydroxyl groups is 1. The summed E-state index contributed by atoms with van der Waals surface area (Å²) in [6.07, 6.45) is -2.03. The Balaban J connectivity index is 1.21. The third-order valence-electron chi connectivity index (χ3n) is 12.4. The van der Waals surface area contributed by atoms with Gasteiger partial charge in [-0.25, -0.2) is 14.7 Å². The Kier molecular flexibility index (Phi) is 11.1. The third kappa shape index (κ3) is 7.02. The van der Waals surface area contributed by atoms with Crippen molar-refractivity contribution in [2.75, 3.05) is 23.4 Å². The normalized spacial score (nSPS) is 22.1. The van der Waals surface area contributed by atoms with Crippen LogP contribution in [0.5, 0.6) is 5.75 Å². The Labute approximate surface area is 380 Å². The van der Waals surface area contributed by atoms with Gasteiger partial charge in [0.05, 0.1) is 45.4 Å². The van der Waals surface area contributed by atoms with Crippen LogP contribution in [0.1, 0.15) is 46.0 Å². The number of ether oxygens (including phenoxy) is 3. The molecule has 3 aliphatic heterocycles. The number of rotatable bonds is 11. The number of cyclic esters (lactones) is 1. The fraction of sp³-hybridized carbons (Fsp3) is 0.180. The molecular weight excluding hydrogens is 863 g/mol. The summed E-state index contributed by atoms with van der Waals surface area (Å²) in [5.74, 6) is -3.69. The molecule has 7 aromatic rings. The number of esters is 1. The van der Waals surface area contributed by atoms with Gasteiger partial charge in [-0.15, -0.1) is 0 Å². The van der Waals surface area contributed by atoms with Crippen LogP contribution in [-0.2, 0) is 35.9 Å². The summed E-state index contributed by atoms with van der Waals surface area (Å²) in [5, 5.41) is 24.6. The van der Waals surface area contributed by atoms with Gasteiger partial charge in [0.15, 0.2) is 5.13 Å². The zero-order valence-electron chi connectivity index (χ0n) is 34.8. The Morgan fingerprint density at radius 1 is 0.818 bits per heavy atom. The number of non-ortho nitro benzene ring substituents is 1. The number of imide groups is 1. The lowest BCUT2D eigenvalue weighted by Crippen LogP contribution is -2.54. The fourth-order valence-electron chi connectivity index (χ4n) is 9.84. The number of nitro benzene ring substituents is 1. The highest BCUT2D eigenvalue weighted by atomic mass is 32.1. The molecule has 16 heteroatoms. The van der Waals surface area contributed by atoms with Gasteiger partial charge >= 0.3 is 12.1 Å². The molecule has 3 amide bonds. The summed E-state index contributed by atoms with van der Waals surface area (Å²) < 4.78 is 19.4. The standard InChI is InChI=1S/C50H39N5O10S/c56-27-28-63-38-21-11-7-17-34(38)44-50(35-18-8-10-20-37(35)53(47(50)59)49(60)64-29-30-23-25-33(26-24-30)55(61)62)40(45(57)52-48-51-36-19-9-12-22-39(36)66-48)42-46(58)65-43(32-15-5-2-6-16-32)41(54(42)44)31-13-3-1-4-14-31/h1-26,40-44,56H,27-29H2,(H,51,52,57)/t40-,41-,42-,43+,44+,50-/m1/s1. The minimum atomic E-state index is -2.09. The van der Waals surface area contributed by atoms with Gasteiger partial charge in [0.1, 0.15) is 36.5 Å². The highest BCUT2D eigenvalue weighted by Crippen LogP contribution is 2.66. The van der Waals surface area contributed by atoms with Gasteiger partial charge in [-0.3, -0.25) is 29.4 Å². The van der Waals surface area contributed by atoms with Crippen molar-refractivity contribution in [2.45, 2.75) is 36.3 Å². The summed E-state index contributed by atoms with van der Waals surface area (Å²) in [5.41, 5.74) is 0.960. The average molecular weight is 902 g/mol. The quantitative estimate of drug-likeness (QED) is 0.0720. The predicted octanol–water partition coefficient (Wildman–Crippen LogP) is 8.22. The predicted molar refractivity (Wildman–Crippen MR) is 242 cm³/mol. The largest absolute Gasteiger partial charge is 0.491 e. The van der Waals surface area contributed by atoms with Crippen molar-refractivity contribution in [3.8, 4) is 5.75 Å². The molecule has 6 aromatic carbocycles. The molecule has 4 heterocycles. The van der Waals surface area contributed by atoms with E-state index in [4.69, 9.17) is 14.2 Å². The smallest absolute Gasteiger partial charge is 0.421 e. The van der Waals surface area contributed by atoms with Crippen molar-refractivity contribution in [1.82, 2.24) is 9.88 Å². The number of para-hydroxylation sites is 3. The van der Waals surface area contributed by atoms with E-state index in [-0.39, 0.29) is 47.6 Å². The van der Waals surface area contributed by atoms with Gasteiger partial charge < -0.3 is 24.6 Å². The molecular formula is C50H39N5O10S. The second kappa shape index (κ2) is 17.3. The van der Waals surface area contributed by atoms with Gasteiger partial charge in [-0.05, 0) is 58.7 Å². The molecule has 0 aliphatic carbocycles. The lowest BCUT2D eigenvalue weighted by atomic mass is 9.65. The summed E-state index contributed by atoms with van der Waals surface area (Å²) in [6, 6.07) is 41.4. The zero-order valence-corrected chi connectivity index (χ0v) is 35.7. The number of nitro groups is 1. The van der Waals surface area contributed by atoms with Gasteiger partial charge in [0.2, 0.25) is 11.8 Å². The first kappa shape index (κ1) is 42.2. The van der Waals surface area contributed by atoms with Crippen molar-refractivity contribution in [2.24, 2.45) is 5.92 Å². The molecule has 330 valence electrons. The number of aromatic nitrogens is 1. The van der Waals surface area contributed by atoms with Crippen molar-refractivity contribution in [3.05, 3.63) is 196 Å². The van der Waals surface area contributed by atoms with Crippen molar-refractivity contribution < 1.29 is 43.4 Å². The molecule has 1 aromatic heterocycles. The van der Waals surface area contributed by atoms with E-state index in [9.17, 15) is 20.0 Å². The topological polar surface area (TPSA) is 191 Å². The maximum absolute atomic E-state index is 16.3. The van der Waals surface area contributed by atoms with Gasteiger partial charge in [0, 0.05) is 17.7 Å². The van der Waals surface area contributed by atoms with Gasteiger partial charge in [0.25, 0.3) is 5.69 Å². The number of carbonyl (C=O) groups excluding carboxylic acids is 4. The number of benzene rings is 6. The number of amides is 3. The first-order valence-corrected chi connectivity index (χ1v) is 21.9. The van der Waals surface area contributed by atoms with Crippen LogP contribution in [0.15, 0.2) is 158 Å². The Morgan fingerprint density at radius 2 is 1.48 bits per heavy atom. The molecule has 2 N–H and O–H groups in total. The van der Waals surface area contributed by atoms with Crippen LogP contribution in [0.4, 0.5) is 21.3 Å². The number of morpholine rings is 1. The van der Waals surface area contributed by atoms with Crippen LogP contribution in [0.2, 0.25) is 0 Å². The summed E-state index contributed by atoms with van der Waals surface area (Å²) in [7, 11) is 0. The Hall–Kier alpha value is -7.79. The van der Waals surface area contributed by atoms with Crippen LogP contribution in [0, 0.1) is 16.0 Å². The number of nitrogens with zero attached hydrogens (tertiary/aromatic N) is 4. The molecule has 1 spiro atoms. The third-order valence-corrected chi connectivity index (χ3v) is 13.4. The van der Waals surface area contributed by atoms with E-state index in [0.29, 0.717) is 27.8 Å². The number of fused-ring (bicyclic) bond motifs is 4. The number of anilines is 2. The number of hydrogen-bond acceptors (Lipinski definition) is 13. The lowest BCUT2D eigenvalue weighted by molar-refractivity contribution is -0.384. The summed E-state index contributed by atoms with van der Waals surface area (Å²) in [6.45, 7) is -0.812. The van der Waals surface area contributed by atoms with Crippen molar-refractivity contribution >= 4 is 61.9 Å². The van der Waals surface area contributed by atoms with Crippen LogP contribution >= 0.6 is 11.3 Å². The first-order chi connectivity index (χ1) is 32.2. The number of aliphatic hydroxyl groups excluding tert-OH is 1. The Morgan fingerprint density at radius 3 is 2.21 bits per heavy atom. The van der Waals surface area contributed by atoms with Gasteiger partial charge in [-0.2, -0.15) is 0 Å². The zero-order chi connectivity index (χ0) is 45.5. The van der Waals surface area contributed by atoms with Crippen LogP contribution in [0.3, 0.4) is 0 Å². The van der Waals surface area contributed by atoms with Crippen LogP contribution in [0.25, 0.3) is 10.2 Å². The second-order valence-corrected chi connectivity index (χ2v) is 17.0. The lowest BCUT2D eigenvalue weighted by Gasteiger charge is -2.46. The number of carbonyl (C=O) groups is 4. The van der Waals surface area contributed by atoms with Crippen molar-refractivity contribution in [3.63, 3.8) is 0 Å². The van der Waals surface area contributed by atoms with Crippen LogP contribution < -0.4 is 15.0 Å². The SMILES string of the molecule is O=C1O[C@@H](c2ccccc2)[C@@H](c2ccccc2)N2[C@@H](c3ccccc3OCCO)[C@]3(C(=O)N(C(=O)OCc4ccc([N+](=O)[O-])cc4)c4ccccc43)[C@@H](C(=O)Nc3nc4ccccc4s3)[C@H]12. The monoisotopic (exact) mass is 901 g/mol. The minimum absolute atomic E-state index is 0.121. The average Bonchev–Trinajstić information content (AvgIpc) is 3.99. The van der Waals surface area contributed by atoms with E-state index in [2.05, 4.69) is 10.3 Å². The van der Waals surface area contributed by atoms with Gasteiger partial charge in [-0.1, -0.05) is 121 Å². The fourth-order valence-corrected chi connectivity index (χ4v) is 10.7. The maximum Gasteiger partial charge on any atom is 0.421 e. The first-order valence-electron chi connectivity index (χ1n) is 21.1. The van der Waals surface area contributed by atoms with E-state index >= 15 is 14.4 Å². The molecule has 15 nitrogen and oxygen atoms in total. The molecule has 0 saturated carbocycles. The number of nitrogens with one attached hydrogen (secondary N) is 1.